The lowest BCUT2D eigenvalue weighted by Gasteiger charge is -2.11. The normalized spacial score (nSPS) is 10.5. The van der Waals surface area contributed by atoms with E-state index in [2.05, 4.69) is 41.9 Å². The molecule has 0 aliphatic rings. The molecule has 1 aromatic heterocycles. The Balaban J connectivity index is 1.79. The largest absolute Gasteiger partial charge is 0.497 e. The fraction of sp³-hybridized carbons (Fsp3) is 0.227. The van der Waals surface area contributed by atoms with Crippen molar-refractivity contribution in [2.75, 3.05) is 14.2 Å². The van der Waals surface area contributed by atoms with Crippen molar-refractivity contribution in [3.05, 3.63) is 77.1 Å². The lowest BCUT2D eigenvalue weighted by Crippen LogP contribution is -2.23. The summed E-state index contributed by atoms with van der Waals surface area (Å²) in [5, 5.41) is 2.99. The van der Waals surface area contributed by atoms with Crippen LogP contribution >= 0.6 is 0 Å². The molecule has 0 spiro atoms. The van der Waals surface area contributed by atoms with Gasteiger partial charge in [-0.3, -0.25) is 4.79 Å². The summed E-state index contributed by atoms with van der Waals surface area (Å²) in [5.41, 5.74) is 4.94. The zero-order valence-corrected chi connectivity index (χ0v) is 16.1. The molecule has 5 nitrogen and oxygen atoms in total. The van der Waals surface area contributed by atoms with Gasteiger partial charge in [-0.1, -0.05) is 18.2 Å². The summed E-state index contributed by atoms with van der Waals surface area (Å²) in [5.74, 6) is 1.00. The van der Waals surface area contributed by atoms with Crippen LogP contribution in [0.15, 0.2) is 54.6 Å². The van der Waals surface area contributed by atoms with Crippen LogP contribution in [0.1, 0.15) is 27.3 Å². The Morgan fingerprint density at radius 3 is 2.19 bits per heavy atom. The Morgan fingerprint density at radius 1 is 0.963 bits per heavy atom. The lowest BCUT2D eigenvalue weighted by atomic mass is 10.1. The lowest BCUT2D eigenvalue weighted by molar-refractivity contribution is 0.0950. The van der Waals surface area contributed by atoms with E-state index < -0.39 is 0 Å². The van der Waals surface area contributed by atoms with Crippen molar-refractivity contribution in [1.29, 1.82) is 0 Å². The first kappa shape index (κ1) is 18.6. The number of carbonyl (C=O) groups excluding carboxylic acids is 1. The molecule has 3 rings (SSSR count). The zero-order valence-electron chi connectivity index (χ0n) is 16.1. The Labute approximate surface area is 159 Å². The van der Waals surface area contributed by atoms with Gasteiger partial charge in [-0.2, -0.15) is 0 Å². The average molecular weight is 364 g/mol. The summed E-state index contributed by atoms with van der Waals surface area (Å²) in [6.07, 6.45) is 0. The second-order valence-electron chi connectivity index (χ2n) is 6.35. The maximum atomic E-state index is 12.6. The fourth-order valence-corrected chi connectivity index (χ4v) is 3.20. The Morgan fingerprint density at radius 2 is 1.59 bits per heavy atom. The van der Waals surface area contributed by atoms with Gasteiger partial charge in [0.15, 0.2) is 0 Å². The monoisotopic (exact) mass is 364 g/mol. The predicted octanol–water partition coefficient (Wildman–Crippen LogP) is 4.04. The highest BCUT2D eigenvalue weighted by atomic mass is 16.5. The van der Waals surface area contributed by atoms with Crippen molar-refractivity contribution >= 4 is 5.91 Å². The molecule has 1 amide bonds. The van der Waals surface area contributed by atoms with Gasteiger partial charge in [0.1, 0.15) is 11.5 Å². The maximum Gasteiger partial charge on any atom is 0.251 e. The van der Waals surface area contributed by atoms with Crippen molar-refractivity contribution in [1.82, 2.24) is 9.88 Å². The predicted molar refractivity (Wildman–Crippen MR) is 106 cm³/mol. The molecule has 0 bridgehead atoms. The third kappa shape index (κ3) is 3.97. The van der Waals surface area contributed by atoms with Gasteiger partial charge in [0.05, 0.1) is 14.2 Å². The number of hydrogen-bond acceptors (Lipinski definition) is 3. The molecule has 0 aliphatic heterocycles. The van der Waals surface area contributed by atoms with Crippen molar-refractivity contribution in [3.8, 4) is 17.2 Å². The fourth-order valence-electron chi connectivity index (χ4n) is 3.20. The quantitative estimate of drug-likeness (QED) is 0.718. The van der Waals surface area contributed by atoms with E-state index in [0.29, 0.717) is 23.6 Å². The highest BCUT2D eigenvalue weighted by molar-refractivity contribution is 5.95. The molecule has 0 fully saturated rings. The van der Waals surface area contributed by atoms with Crippen LogP contribution in [0.3, 0.4) is 0 Å². The van der Waals surface area contributed by atoms with E-state index in [1.807, 2.05) is 18.2 Å². The van der Waals surface area contributed by atoms with Crippen molar-refractivity contribution in [2.45, 2.75) is 20.4 Å². The van der Waals surface area contributed by atoms with Gasteiger partial charge in [0.2, 0.25) is 0 Å². The summed E-state index contributed by atoms with van der Waals surface area (Å²) in [6, 6.07) is 17.4. The number of aryl methyl sites for hydroxylation is 1. The van der Waals surface area contributed by atoms with Crippen molar-refractivity contribution in [2.24, 2.45) is 0 Å². The molecular formula is C22H24N2O3. The van der Waals surface area contributed by atoms with Crippen LogP contribution in [0.4, 0.5) is 0 Å². The molecule has 27 heavy (non-hydrogen) atoms. The van der Waals surface area contributed by atoms with Crippen LogP contribution in [-0.4, -0.2) is 24.7 Å². The van der Waals surface area contributed by atoms with Crippen LogP contribution in [0.25, 0.3) is 5.69 Å². The number of hydrogen-bond donors (Lipinski definition) is 1. The van der Waals surface area contributed by atoms with E-state index in [1.165, 1.54) is 0 Å². The first-order chi connectivity index (χ1) is 13.0. The van der Waals surface area contributed by atoms with Gasteiger partial charge in [-0.05, 0) is 49.7 Å². The Bertz CT molecular complexity index is 923. The molecule has 0 saturated carbocycles. The molecule has 0 saturated heterocycles. The molecule has 0 unspecified atom stereocenters. The summed E-state index contributed by atoms with van der Waals surface area (Å²) in [4.78, 5) is 12.6. The van der Waals surface area contributed by atoms with Crippen molar-refractivity contribution < 1.29 is 14.3 Å². The van der Waals surface area contributed by atoms with E-state index in [9.17, 15) is 4.79 Å². The highest BCUT2D eigenvalue weighted by Gasteiger charge is 2.13. The average Bonchev–Trinajstić information content (AvgIpc) is 2.99. The van der Waals surface area contributed by atoms with Gasteiger partial charge < -0.3 is 19.4 Å². The Kier molecular flexibility index (Phi) is 5.50. The van der Waals surface area contributed by atoms with E-state index >= 15 is 0 Å². The van der Waals surface area contributed by atoms with Crippen LogP contribution in [0, 0.1) is 13.8 Å². The number of methoxy groups -OCH3 is 2. The molecule has 1 heterocycles. The number of carbonyl (C=O) groups is 1. The molecular weight excluding hydrogens is 340 g/mol. The van der Waals surface area contributed by atoms with E-state index in [4.69, 9.17) is 9.47 Å². The minimum atomic E-state index is -0.170. The highest BCUT2D eigenvalue weighted by Crippen LogP contribution is 2.23. The SMILES string of the molecule is COc1cc(OC)cc(C(=O)NCc2cc(C)n(-c3ccccc3)c2C)c1. The van der Waals surface area contributed by atoms with E-state index in [-0.39, 0.29) is 5.91 Å². The first-order valence-corrected chi connectivity index (χ1v) is 8.78. The minimum Gasteiger partial charge on any atom is -0.497 e. The maximum absolute atomic E-state index is 12.6. The van der Waals surface area contributed by atoms with E-state index in [0.717, 1.165) is 22.6 Å². The standard InChI is InChI=1S/C22H24N2O3/c1-15-10-18(16(2)24(15)19-8-6-5-7-9-19)14-23-22(25)17-11-20(26-3)13-21(12-17)27-4/h5-13H,14H2,1-4H3,(H,23,25). The second-order valence-corrected chi connectivity index (χ2v) is 6.35. The third-order valence-corrected chi connectivity index (χ3v) is 4.60. The zero-order chi connectivity index (χ0) is 19.4. The van der Waals surface area contributed by atoms with Crippen LogP contribution in [0.2, 0.25) is 0 Å². The summed E-state index contributed by atoms with van der Waals surface area (Å²) in [6.45, 7) is 4.58. The molecule has 1 N–H and O–H groups in total. The number of nitrogens with zero attached hydrogens (tertiary/aromatic N) is 1. The van der Waals surface area contributed by atoms with Crippen LogP contribution in [-0.2, 0) is 6.54 Å². The van der Waals surface area contributed by atoms with Gasteiger partial charge in [0, 0.05) is 35.2 Å². The van der Waals surface area contributed by atoms with Gasteiger partial charge in [-0.15, -0.1) is 0 Å². The summed E-state index contributed by atoms with van der Waals surface area (Å²) >= 11 is 0. The molecule has 3 aromatic rings. The number of aromatic nitrogens is 1. The topological polar surface area (TPSA) is 52.5 Å². The van der Waals surface area contributed by atoms with Gasteiger partial charge in [-0.25, -0.2) is 0 Å². The first-order valence-electron chi connectivity index (χ1n) is 8.78. The van der Waals surface area contributed by atoms with Gasteiger partial charge >= 0.3 is 0 Å². The number of ether oxygens (including phenoxy) is 2. The number of amides is 1. The molecule has 2 aromatic carbocycles. The molecule has 140 valence electrons. The molecule has 0 radical (unpaired) electrons. The van der Waals surface area contributed by atoms with Crippen molar-refractivity contribution in [3.63, 3.8) is 0 Å². The second kappa shape index (κ2) is 7.99. The van der Waals surface area contributed by atoms with E-state index in [1.54, 1.807) is 32.4 Å². The Hall–Kier alpha value is -3.21. The third-order valence-electron chi connectivity index (χ3n) is 4.60. The number of rotatable bonds is 6. The number of nitrogens with one attached hydrogen (secondary N) is 1. The number of para-hydroxylation sites is 1. The van der Waals surface area contributed by atoms with Crippen LogP contribution < -0.4 is 14.8 Å². The van der Waals surface area contributed by atoms with Gasteiger partial charge in [0.25, 0.3) is 5.91 Å². The van der Waals surface area contributed by atoms with Crippen LogP contribution in [0.5, 0.6) is 11.5 Å². The number of benzene rings is 2. The molecule has 5 heteroatoms. The molecule has 0 aliphatic carbocycles. The smallest absolute Gasteiger partial charge is 0.251 e. The summed E-state index contributed by atoms with van der Waals surface area (Å²) < 4.78 is 12.7. The summed E-state index contributed by atoms with van der Waals surface area (Å²) in [7, 11) is 3.13. The molecule has 0 atom stereocenters. The minimum absolute atomic E-state index is 0.170.